The molecule has 0 saturated carbocycles. The molecule has 0 unspecified atom stereocenters. The Balaban J connectivity index is 1.95. The molecule has 0 aliphatic heterocycles. The molecule has 4 N–H and O–H groups in total. The monoisotopic (exact) mass is 377 g/mol. The highest BCUT2D eigenvalue weighted by molar-refractivity contribution is 6.00. The summed E-state index contributed by atoms with van der Waals surface area (Å²) in [6.45, 7) is 8.42. The molecule has 146 valence electrons. The number of nitrogens with one attached hydrogen (secondary N) is 2. The van der Waals surface area contributed by atoms with E-state index in [0.29, 0.717) is 13.1 Å². The van der Waals surface area contributed by atoms with Crippen LogP contribution in [0.4, 0.5) is 0 Å². The van der Waals surface area contributed by atoms with Gasteiger partial charge in [0.05, 0.1) is 0 Å². The van der Waals surface area contributed by atoms with E-state index in [0.717, 1.165) is 22.3 Å². The van der Waals surface area contributed by atoms with E-state index in [1.54, 1.807) is 12.2 Å². The predicted molar refractivity (Wildman–Crippen MR) is 114 cm³/mol. The lowest BCUT2D eigenvalue weighted by Crippen LogP contribution is -2.41. The fourth-order valence-corrected chi connectivity index (χ4v) is 2.83. The lowest BCUT2D eigenvalue weighted by molar-refractivity contribution is -0.135. The van der Waals surface area contributed by atoms with Crippen molar-refractivity contribution in [3.63, 3.8) is 0 Å². The second kappa shape index (κ2) is 10.8. The molecule has 5 heteroatoms. The maximum Gasteiger partial charge on any atom is 0.232 e. The van der Waals surface area contributed by atoms with Crippen LogP contribution >= 0.6 is 0 Å². The van der Waals surface area contributed by atoms with Crippen LogP contribution in [0.2, 0.25) is 0 Å². The Kier molecular flexibility index (Phi) is 8.18. The highest BCUT2D eigenvalue weighted by atomic mass is 16.2. The van der Waals surface area contributed by atoms with E-state index in [4.69, 9.17) is 5.73 Å². The number of benzene rings is 2. The van der Waals surface area contributed by atoms with E-state index < -0.39 is 5.92 Å². The minimum atomic E-state index is -0.824. The maximum atomic E-state index is 12.6. The second-order valence-corrected chi connectivity index (χ2v) is 6.46. The Labute approximate surface area is 166 Å². The molecular weight excluding hydrogens is 350 g/mol. The minimum Gasteiger partial charge on any atom is -0.351 e. The molecule has 0 saturated heterocycles. The number of carbonyl (C=O) groups excluding carboxylic acids is 2. The molecule has 0 spiro atoms. The first-order chi connectivity index (χ1) is 13.6. The van der Waals surface area contributed by atoms with Crippen LogP contribution in [0.1, 0.15) is 28.7 Å². The summed E-state index contributed by atoms with van der Waals surface area (Å²) in [6, 6.07) is 15.4. The maximum absolute atomic E-state index is 12.6. The van der Waals surface area contributed by atoms with E-state index in [-0.39, 0.29) is 24.8 Å². The van der Waals surface area contributed by atoms with Gasteiger partial charge in [-0.1, -0.05) is 61.7 Å². The fourth-order valence-electron chi connectivity index (χ4n) is 2.83. The van der Waals surface area contributed by atoms with Crippen molar-refractivity contribution in [3.05, 3.63) is 83.9 Å². The van der Waals surface area contributed by atoms with Gasteiger partial charge in [0.1, 0.15) is 5.92 Å². The molecule has 0 fully saturated rings. The van der Waals surface area contributed by atoms with Gasteiger partial charge in [0, 0.05) is 13.1 Å². The SMILES string of the molecule is C=Cc1cccc(CNC(=O)C(CCN)C(=O)NCc2cccc(C=C)c2)c1. The molecule has 2 aromatic rings. The summed E-state index contributed by atoms with van der Waals surface area (Å²) in [7, 11) is 0. The number of rotatable bonds is 10. The molecule has 2 rings (SSSR count). The van der Waals surface area contributed by atoms with Gasteiger partial charge in [0.15, 0.2) is 0 Å². The standard InChI is InChI=1S/C23H27N3O2/c1-3-17-7-5-9-19(13-17)15-25-22(27)21(11-12-24)23(28)26-16-20-10-6-8-18(4-2)14-20/h3-10,13-14,21H,1-2,11-12,15-16,24H2,(H,25,27)(H,26,28). The predicted octanol–water partition coefficient (Wildman–Crippen LogP) is 2.87. The summed E-state index contributed by atoms with van der Waals surface area (Å²) in [5, 5.41) is 5.66. The van der Waals surface area contributed by atoms with Crippen LogP contribution in [-0.2, 0) is 22.7 Å². The van der Waals surface area contributed by atoms with E-state index in [1.165, 1.54) is 0 Å². The van der Waals surface area contributed by atoms with Crippen LogP contribution in [-0.4, -0.2) is 18.4 Å². The summed E-state index contributed by atoms with van der Waals surface area (Å²) >= 11 is 0. The van der Waals surface area contributed by atoms with E-state index >= 15 is 0 Å². The highest BCUT2D eigenvalue weighted by Crippen LogP contribution is 2.10. The van der Waals surface area contributed by atoms with Gasteiger partial charge in [-0.2, -0.15) is 0 Å². The molecule has 2 aromatic carbocycles. The first-order valence-corrected chi connectivity index (χ1v) is 9.25. The van der Waals surface area contributed by atoms with Gasteiger partial charge in [-0.3, -0.25) is 9.59 Å². The second-order valence-electron chi connectivity index (χ2n) is 6.46. The Morgan fingerprint density at radius 3 is 1.75 bits per heavy atom. The molecule has 0 atom stereocenters. The van der Waals surface area contributed by atoms with Gasteiger partial charge in [0.2, 0.25) is 11.8 Å². The Morgan fingerprint density at radius 1 is 0.893 bits per heavy atom. The van der Waals surface area contributed by atoms with Crippen molar-refractivity contribution in [1.29, 1.82) is 0 Å². The third-order valence-corrected chi connectivity index (χ3v) is 4.40. The molecule has 0 heterocycles. The van der Waals surface area contributed by atoms with Gasteiger partial charge < -0.3 is 16.4 Å². The van der Waals surface area contributed by atoms with E-state index in [2.05, 4.69) is 23.8 Å². The third-order valence-electron chi connectivity index (χ3n) is 4.40. The quantitative estimate of drug-likeness (QED) is 0.557. The third kappa shape index (κ3) is 6.21. The van der Waals surface area contributed by atoms with E-state index in [1.807, 2.05) is 48.5 Å². The molecular formula is C23H27N3O2. The number of carbonyl (C=O) groups is 2. The zero-order chi connectivity index (χ0) is 20.4. The molecule has 0 radical (unpaired) electrons. The van der Waals surface area contributed by atoms with Crippen LogP contribution < -0.4 is 16.4 Å². The van der Waals surface area contributed by atoms with Crippen molar-refractivity contribution in [2.24, 2.45) is 11.7 Å². The number of hydrogen-bond donors (Lipinski definition) is 3. The summed E-state index contributed by atoms with van der Waals surface area (Å²) in [5.74, 6) is -1.48. The lowest BCUT2D eigenvalue weighted by atomic mass is 10.0. The zero-order valence-corrected chi connectivity index (χ0v) is 16.0. The van der Waals surface area contributed by atoms with Gasteiger partial charge in [-0.15, -0.1) is 0 Å². The van der Waals surface area contributed by atoms with Crippen molar-refractivity contribution in [2.45, 2.75) is 19.5 Å². The normalized spacial score (nSPS) is 10.4. The van der Waals surface area contributed by atoms with Gasteiger partial charge >= 0.3 is 0 Å². The van der Waals surface area contributed by atoms with Crippen LogP contribution in [0.15, 0.2) is 61.7 Å². The lowest BCUT2D eigenvalue weighted by Gasteiger charge is -2.16. The van der Waals surface area contributed by atoms with Crippen LogP contribution in [0.5, 0.6) is 0 Å². The average Bonchev–Trinajstić information content (AvgIpc) is 2.74. The van der Waals surface area contributed by atoms with Crippen LogP contribution in [0, 0.1) is 5.92 Å². The zero-order valence-electron chi connectivity index (χ0n) is 16.0. The highest BCUT2D eigenvalue weighted by Gasteiger charge is 2.25. The van der Waals surface area contributed by atoms with Crippen LogP contribution in [0.3, 0.4) is 0 Å². The van der Waals surface area contributed by atoms with Gasteiger partial charge in [0.25, 0.3) is 0 Å². The molecule has 0 aromatic heterocycles. The van der Waals surface area contributed by atoms with Crippen LogP contribution in [0.25, 0.3) is 12.2 Å². The molecule has 0 aliphatic carbocycles. The van der Waals surface area contributed by atoms with Crippen molar-refractivity contribution in [3.8, 4) is 0 Å². The molecule has 0 bridgehead atoms. The molecule has 28 heavy (non-hydrogen) atoms. The fraction of sp³-hybridized carbons (Fsp3) is 0.217. The first kappa shape index (κ1) is 21.1. The Morgan fingerprint density at radius 2 is 1.36 bits per heavy atom. The Bertz CT molecular complexity index is 778. The number of hydrogen-bond acceptors (Lipinski definition) is 3. The molecule has 2 amide bonds. The smallest absolute Gasteiger partial charge is 0.232 e. The summed E-state index contributed by atoms with van der Waals surface area (Å²) in [5.41, 5.74) is 9.45. The number of amides is 2. The topological polar surface area (TPSA) is 84.2 Å². The van der Waals surface area contributed by atoms with Crippen molar-refractivity contribution < 1.29 is 9.59 Å². The summed E-state index contributed by atoms with van der Waals surface area (Å²) in [6.07, 6.45) is 3.78. The van der Waals surface area contributed by atoms with E-state index in [9.17, 15) is 9.59 Å². The molecule has 0 aliphatic rings. The minimum absolute atomic E-state index is 0.253. The largest absolute Gasteiger partial charge is 0.351 e. The van der Waals surface area contributed by atoms with Crippen molar-refractivity contribution >= 4 is 24.0 Å². The van der Waals surface area contributed by atoms with Gasteiger partial charge in [-0.05, 0) is 47.4 Å². The summed E-state index contributed by atoms with van der Waals surface area (Å²) in [4.78, 5) is 25.1. The van der Waals surface area contributed by atoms with Gasteiger partial charge in [-0.25, -0.2) is 0 Å². The Hall–Kier alpha value is -3.18. The average molecular weight is 377 g/mol. The van der Waals surface area contributed by atoms with Crippen molar-refractivity contribution in [1.82, 2.24) is 10.6 Å². The number of nitrogens with two attached hydrogens (primary N) is 1. The summed E-state index contributed by atoms with van der Waals surface area (Å²) < 4.78 is 0. The van der Waals surface area contributed by atoms with Crippen molar-refractivity contribution in [2.75, 3.05) is 6.54 Å². The first-order valence-electron chi connectivity index (χ1n) is 9.25. The molecule has 5 nitrogen and oxygen atoms in total.